The molecule has 5 heteroatoms. The topological polar surface area (TPSA) is 72.5 Å². The lowest BCUT2D eigenvalue weighted by Crippen LogP contribution is -1.85. The van der Waals surface area contributed by atoms with Gasteiger partial charge in [-0.3, -0.25) is 4.79 Å². The molecule has 0 amide bonds. The number of hydrogen-bond donors (Lipinski definition) is 2. The summed E-state index contributed by atoms with van der Waals surface area (Å²) >= 11 is 1.56. The molecule has 1 aromatic carbocycles. The van der Waals surface area contributed by atoms with E-state index >= 15 is 0 Å². The van der Waals surface area contributed by atoms with Gasteiger partial charge in [0.25, 0.3) is 0 Å². The number of nitrogens with two attached hydrogens (primary N) is 1. The first-order chi connectivity index (χ1) is 8.17. The minimum absolute atomic E-state index is 0.0399. The number of rotatable bonds is 2. The Morgan fingerprint density at radius 2 is 2.18 bits per heavy atom. The molecule has 0 unspecified atom stereocenters. The van der Waals surface area contributed by atoms with Crippen LogP contribution in [0.15, 0.2) is 35.7 Å². The zero-order valence-corrected chi connectivity index (χ0v) is 10.1. The number of aromatic hydroxyl groups is 1. The number of phenolic OH excluding ortho intramolecular Hbond substituents is 1. The molecule has 0 aliphatic rings. The Bertz CT molecular complexity index is 469. The smallest absolute Gasteiger partial charge is 0.161 e. The molecule has 0 radical (unpaired) electrons. The van der Waals surface area contributed by atoms with E-state index in [-0.39, 0.29) is 5.75 Å². The SMILES string of the molecule is COc1cc(C=O)ccc1O.Nc1cccs1. The number of nitrogen functional groups attached to an aromatic ring is 1. The van der Waals surface area contributed by atoms with Crippen LogP contribution >= 0.6 is 11.3 Å². The number of anilines is 1. The van der Waals surface area contributed by atoms with E-state index in [1.54, 1.807) is 11.3 Å². The number of methoxy groups -OCH3 is 1. The zero-order chi connectivity index (χ0) is 12.7. The van der Waals surface area contributed by atoms with Crippen LogP contribution in [0.3, 0.4) is 0 Å². The third-order valence-electron chi connectivity index (χ3n) is 1.88. The normalized spacial score (nSPS) is 9.00. The van der Waals surface area contributed by atoms with Gasteiger partial charge in [-0.1, -0.05) is 0 Å². The molecule has 2 rings (SSSR count). The largest absolute Gasteiger partial charge is 0.504 e. The molecule has 1 aromatic heterocycles. The monoisotopic (exact) mass is 251 g/mol. The average Bonchev–Trinajstić information content (AvgIpc) is 2.82. The Hall–Kier alpha value is -2.01. The minimum Gasteiger partial charge on any atom is -0.504 e. The molecule has 0 fully saturated rings. The summed E-state index contributed by atoms with van der Waals surface area (Å²) < 4.78 is 4.78. The number of hydrogen-bond acceptors (Lipinski definition) is 5. The van der Waals surface area contributed by atoms with Gasteiger partial charge >= 0.3 is 0 Å². The zero-order valence-electron chi connectivity index (χ0n) is 9.29. The molecule has 0 aliphatic carbocycles. The Morgan fingerprint density at radius 1 is 1.41 bits per heavy atom. The molecule has 17 heavy (non-hydrogen) atoms. The first-order valence-electron chi connectivity index (χ1n) is 4.78. The average molecular weight is 251 g/mol. The van der Waals surface area contributed by atoms with E-state index in [4.69, 9.17) is 15.6 Å². The van der Waals surface area contributed by atoms with Gasteiger partial charge in [-0.15, -0.1) is 11.3 Å². The van der Waals surface area contributed by atoms with Gasteiger partial charge < -0.3 is 15.6 Å². The van der Waals surface area contributed by atoms with Crippen LogP contribution in [0.2, 0.25) is 0 Å². The molecule has 3 N–H and O–H groups in total. The molecular weight excluding hydrogens is 238 g/mol. The second-order valence-electron chi connectivity index (χ2n) is 3.06. The summed E-state index contributed by atoms with van der Waals surface area (Å²) in [7, 11) is 1.43. The van der Waals surface area contributed by atoms with Crippen molar-refractivity contribution in [1.82, 2.24) is 0 Å². The quantitative estimate of drug-likeness (QED) is 0.804. The highest BCUT2D eigenvalue weighted by molar-refractivity contribution is 7.13. The first-order valence-corrected chi connectivity index (χ1v) is 5.66. The summed E-state index contributed by atoms with van der Waals surface area (Å²) in [4.78, 5) is 10.2. The second-order valence-corrected chi connectivity index (χ2v) is 4.04. The summed E-state index contributed by atoms with van der Waals surface area (Å²) in [6.45, 7) is 0. The predicted octanol–water partition coefficient (Wildman–Crippen LogP) is 2.54. The maximum absolute atomic E-state index is 10.2. The van der Waals surface area contributed by atoms with Gasteiger partial charge in [0.1, 0.15) is 6.29 Å². The minimum atomic E-state index is 0.0399. The van der Waals surface area contributed by atoms with Crippen molar-refractivity contribution < 1.29 is 14.6 Å². The van der Waals surface area contributed by atoms with Crippen molar-refractivity contribution in [3.8, 4) is 11.5 Å². The number of thiophene rings is 1. The Balaban J connectivity index is 0.000000202. The number of phenols is 1. The van der Waals surface area contributed by atoms with Crippen molar-refractivity contribution in [3.05, 3.63) is 41.3 Å². The Morgan fingerprint density at radius 3 is 2.59 bits per heavy atom. The van der Waals surface area contributed by atoms with Crippen molar-refractivity contribution in [2.45, 2.75) is 0 Å². The summed E-state index contributed by atoms with van der Waals surface area (Å²) in [6, 6.07) is 8.22. The van der Waals surface area contributed by atoms with E-state index in [0.717, 1.165) is 5.00 Å². The molecule has 0 saturated carbocycles. The summed E-state index contributed by atoms with van der Waals surface area (Å²) in [6.07, 6.45) is 0.696. The van der Waals surface area contributed by atoms with E-state index in [1.807, 2.05) is 17.5 Å². The fraction of sp³-hybridized carbons (Fsp3) is 0.0833. The Kier molecular flexibility index (Phi) is 5.03. The first kappa shape index (κ1) is 13.1. The maximum Gasteiger partial charge on any atom is 0.161 e. The van der Waals surface area contributed by atoms with E-state index in [1.165, 1.54) is 25.3 Å². The summed E-state index contributed by atoms with van der Waals surface area (Å²) in [5.41, 5.74) is 5.78. The fourth-order valence-corrected chi connectivity index (χ4v) is 1.53. The van der Waals surface area contributed by atoms with Crippen molar-refractivity contribution >= 4 is 22.6 Å². The van der Waals surface area contributed by atoms with E-state index in [9.17, 15) is 4.79 Å². The lowest BCUT2D eigenvalue weighted by atomic mass is 10.2. The molecule has 0 bridgehead atoms. The van der Waals surface area contributed by atoms with Crippen LogP contribution in [0.25, 0.3) is 0 Å². The summed E-state index contributed by atoms with van der Waals surface area (Å²) in [5, 5.41) is 11.9. The predicted molar refractivity (Wildman–Crippen MR) is 68.8 cm³/mol. The highest BCUT2D eigenvalue weighted by Crippen LogP contribution is 2.25. The van der Waals surface area contributed by atoms with Gasteiger partial charge in [-0.25, -0.2) is 0 Å². The van der Waals surface area contributed by atoms with E-state index in [2.05, 4.69) is 0 Å². The summed E-state index contributed by atoms with van der Waals surface area (Å²) in [5.74, 6) is 0.354. The van der Waals surface area contributed by atoms with Crippen molar-refractivity contribution in [2.75, 3.05) is 12.8 Å². The lowest BCUT2D eigenvalue weighted by molar-refractivity contribution is 0.112. The van der Waals surface area contributed by atoms with Gasteiger partial charge in [0.15, 0.2) is 11.5 Å². The van der Waals surface area contributed by atoms with Gasteiger partial charge in [0.05, 0.1) is 12.1 Å². The number of benzene rings is 1. The third-order valence-corrected chi connectivity index (χ3v) is 2.58. The number of ether oxygens (including phenoxy) is 1. The van der Waals surface area contributed by atoms with Crippen LogP contribution in [0.1, 0.15) is 10.4 Å². The number of aldehydes is 1. The van der Waals surface area contributed by atoms with Crippen LogP contribution in [0, 0.1) is 0 Å². The van der Waals surface area contributed by atoms with Crippen molar-refractivity contribution in [1.29, 1.82) is 0 Å². The molecule has 0 aliphatic heterocycles. The van der Waals surface area contributed by atoms with Crippen molar-refractivity contribution in [3.63, 3.8) is 0 Å². The van der Waals surface area contributed by atoms with Crippen LogP contribution in [0.5, 0.6) is 11.5 Å². The van der Waals surface area contributed by atoms with Crippen molar-refractivity contribution in [2.24, 2.45) is 0 Å². The van der Waals surface area contributed by atoms with Crippen LogP contribution in [-0.2, 0) is 0 Å². The Labute approximate surface area is 103 Å². The standard InChI is InChI=1S/C8H8O3.C4H5NS/c1-11-8-4-6(5-9)2-3-7(8)10;5-4-2-1-3-6-4/h2-5,10H,1H3;1-3H,5H2. The van der Waals surface area contributed by atoms with Crippen LogP contribution in [-0.4, -0.2) is 18.5 Å². The van der Waals surface area contributed by atoms with Crippen LogP contribution < -0.4 is 10.5 Å². The second kappa shape index (κ2) is 6.55. The highest BCUT2D eigenvalue weighted by Gasteiger charge is 2.00. The molecule has 4 nitrogen and oxygen atoms in total. The highest BCUT2D eigenvalue weighted by atomic mass is 32.1. The molecule has 90 valence electrons. The molecule has 0 atom stereocenters. The lowest BCUT2D eigenvalue weighted by Gasteiger charge is -2.01. The maximum atomic E-state index is 10.2. The molecule has 2 aromatic rings. The van der Waals surface area contributed by atoms with E-state index in [0.29, 0.717) is 17.6 Å². The molecule has 0 spiro atoms. The number of carbonyl (C=O) groups excluding carboxylic acids is 1. The van der Waals surface area contributed by atoms with Gasteiger partial charge in [0.2, 0.25) is 0 Å². The molecular formula is C12H13NO3S. The third kappa shape index (κ3) is 4.16. The van der Waals surface area contributed by atoms with Gasteiger partial charge in [0, 0.05) is 5.56 Å². The van der Waals surface area contributed by atoms with Gasteiger partial charge in [-0.2, -0.15) is 0 Å². The van der Waals surface area contributed by atoms with Crippen LogP contribution in [0.4, 0.5) is 5.00 Å². The molecule has 1 heterocycles. The van der Waals surface area contributed by atoms with Gasteiger partial charge in [-0.05, 0) is 35.7 Å². The fourth-order valence-electron chi connectivity index (χ4n) is 1.06. The molecule has 0 saturated heterocycles. The van der Waals surface area contributed by atoms with E-state index < -0.39 is 0 Å². The number of carbonyl (C=O) groups is 1.